The molecule has 0 radical (unpaired) electrons. The van der Waals surface area contributed by atoms with Gasteiger partial charge < -0.3 is 20.0 Å². The first-order valence-electron chi connectivity index (χ1n) is 6.31. The van der Waals surface area contributed by atoms with Crippen LogP contribution in [0.15, 0.2) is 35.1 Å². The topological polar surface area (TPSA) is 73.2 Å². The van der Waals surface area contributed by atoms with E-state index in [9.17, 15) is 4.79 Å². The van der Waals surface area contributed by atoms with Gasteiger partial charge in [0.25, 0.3) is 5.91 Å². The first-order chi connectivity index (χ1) is 9.06. The molecular formula is C14H19N3O2. The maximum Gasteiger partial charge on any atom is 0.268 e. The molecule has 2 aromatic rings. The summed E-state index contributed by atoms with van der Waals surface area (Å²) < 4.78 is 6.99. The number of carbonyl (C=O) groups excluding carboxylic acids is 1. The fourth-order valence-corrected chi connectivity index (χ4v) is 2.00. The van der Waals surface area contributed by atoms with Crippen LogP contribution in [0, 0.1) is 0 Å². The first-order valence-corrected chi connectivity index (χ1v) is 6.31. The highest BCUT2D eigenvalue weighted by atomic mass is 16.3. The summed E-state index contributed by atoms with van der Waals surface area (Å²) in [5.74, 6) is 0.829. The van der Waals surface area contributed by atoms with Crippen molar-refractivity contribution in [3.05, 3.63) is 42.1 Å². The lowest BCUT2D eigenvalue weighted by Gasteiger charge is -2.13. The molecule has 19 heavy (non-hydrogen) atoms. The van der Waals surface area contributed by atoms with Crippen LogP contribution >= 0.6 is 0 Å². The number of furan rings is 1. The lowest BCUT2D eigenvalue weighted by atomic mass is 10.1. The molecule has 5 heteroatoms. The van der Waals surface area contributed by atoms with Crippen LogP contribution in [0.1, 0.15) is 29.6 Å². The number of nitrogens with zero attached hydrogens (tertiary/aromatic N) is 1. The number of hydrogen-bond acceptors (Lipinski definition) is 3. The minimum absolute atomic E-state index is 0.0775. The SMILES string of the molecule is CC(CCc1ccco1)NC(=O)c1cc(N)cn1C. The van der Waals surface area contributed by atoms with Gasteiger partial charge in [0.1, 0.15) is 11.5 Å². The van der Waals surface area contributed by atoms with Crippen LogP contribution in [0.4, 0.5) is 5.69 Å². The molecule has 0 aliphatic rings. The zero-order valence-corrected chi connectivity index (χ0v) is 11.2. The maximum absolute atomic E-state index is 12.0. The van der Waals surface area contributed by atoms with Crippen LogP contribution in [0.3, 0.4) is 0 Å². The summed E-state index contributed by atoms with van der Waals surface area (Å²) in [5, 5.41) is 2.96. The van der Waals surface area contributed by atoms with Crippen molar-refractivity contribution in [2.45, 2.75) is 25.8 Å². The number of aromatic nitrogens is 1. The third-order valence-electron chi connectivity index (χ3n) is 3.04. The maximum atomic E-state index is 12.0. The fraction of sp³-hybridized carbons (Fsp3) is 0.357. The summed E-state index contributed by atoms with van der Waals surface area (Å²) in [6, 6.07) is 5.56. The number of aryl methyl sites for hydroxylation is 2. The van der Waals surface area contributed by atoms with E-state index in [0.717, 1.165) is 18.6 Å². The van der Waals surface area contributed by atoms with Crippen molar-refractivity contribution in [1.29, 1.82) is 0 Å². The van der Waals surface area contributed by atoms with Gasteiger partial charge in [0.15, 0.2) is 0 Å². The molecule has 2 rings (SSSR count). The van der Waals surface area contributed by atoms with E-state index in [1.54, 1.807) is 30.1 Å². The van der Waals surface area contributed by atoms with Crippen molar-refractivity contribution in [2.24, 2.45) is 7.05 Å². The van der Waals surface area contributed by atoms with Crippen molar-refractivity contribution in [2.75, 3.05) is 5.73 Å². The number of rotatable bonds is 5. The Labute approximate surface area is 112 Å². The highest BCUT2D eigenvalue weighted by Crippen LogP contribution is 2.10. The van der Waals surface area contributed by atoms with E-state index in [2.05, 4.69) is 5.32 Å². The Hall–Kier alpha value is -2.17. The third-order valence-corrected chi connectivity index (χ3v) is 3.04. The first kappa shape index (κ1) is 13.3. The number of nitrogen functional groups attached to an aromatic ring is 1. The lowest BCUT2D eigenvalue weighted by molar-refractivity contribution is 0.0930. The van der Waals surface area contributed by atoms with Crippen molar-refractivity contribution in [3.63, 3.8) is 0 Å². The van der Waals surface area contributed by atoms with Crippen molar-refractivity contribution < 1.29 is 9.21 Å². The third kappa shape index (κ3) is 3.40. The van der Waals surface area contributed by atoms with Gasteiger partial charge in [-0.25, -0.2) is 0 Å². The zero-order chi connectivity index (χ0) is 13.8. The fourth-order valence-electron chi connectivity index (χ4n) is 2.00. The van der Waals surface area contributed by atoms with E-state index in [1.165, 1.54) is 0 Å². The molecule has 1 unspecified atom stereocenters. The molecular weight excluding hydrogens is 242 g/mol. The van der Waals surface area contributed by atoms with Crippen LogP contribution in [0.25, 0.3) is 0 Å². The average Bonchev–Trinajstić information content (AvgIpc) is 2.96. The molecule has 0 aliphatic heterocycles. The van der Waals surface area contributed by atoms with E-state index in [1.807, 2.05) is 19.1 Å². The van der Waals surface area contributed by atoms with Gasteiger partial charge in [-0.05, 0) is 31.5 Å². The average molecular weight is 261 g/mol. The molecule has 1 amide bonds. The summed E-state index contributed by atoms with van der Waals surface area (Å²) >= 11 is 0. The predicted octanol–water partition coefficient (Wildman–Crippen LogP) is 1.95. The molecule has 2 heterocycles. The molecule has 0 saturated heterocycles. The Morgan fingerprint density at radius 2 is 2.37 bits per heavy atom. The van der Waals surface area contributed by atoms with E-state index in [0.29, 0.717) is 11.4 Å². The van der Waals surface area contributed by atoms with Crippen LogP contribution in [0.5, 0.6) is 0 Å². The zero-order valence-electron chi connectivity index (χ0n) is 11.2. The van der Waals surface area contributed by atoms with Crippen LogP contribution in [-0.4, -0.2) is 16.5 Å². The van der Waals surface area contributed by atoms with Crippen molar-refractivity contribution in [3.8, 4) is 0 Å². The molecule has 0 saturated carbocycles. The number of carbonyl (C=O) groups is 1. The van der Waals surface area contributed by atoms with E-state index in [-0.39, 0.29) is 11.9 Å². The second-order valence-electron chi connectivity index (χ2n) is 4.76. The van der Waals surface area contributed by atoms with Crippen molar-refractivity contribution in [1.82, 2.24) is 9.88 Å². The van der Waals surface area contributed by atoms with Gasteiger partial charge >= 0.3 is 0 Å². The molecule has 2 aromatic heterocycles. The molecule has 5 nitrogen and oxygen atoms in total. The smallest absolute Gasteiger partial charge is 0.268 e. The molecule has 102 valence electrons. The monoisotopic (exact) mass is 261 g/mol. The molecule has 0 aliphatic carbocycles. The highest BCUT2D eigenvalue weighted by molar-refractivity contribution is 5.93. The largest absolute Gasteiger partial charge is 0.469 e. The summed E-state index contributed by atoms with van der Waals surface area (Å²) in [6.45, 7) is 1.98. The summed E-state index contributed by atoms with van der Waals surface area (Å²) in [6.07, 6.45) is 5.02. The van der Waals surface area contributed by atoms with Crippen molar-refractivity contribution >= 4 is 11.6 Å². The second-order valence-corrected chi connectivity index (χ2v) is 4.76. The van der Waals surface area contributed by atoms with Crippen LogP contribution < -0.4 is 11.1 Å². The summed E-state index contributed by atoms with van der Waals surface area (Å²) in [4.78, 5) is 12.0. The second kappa shape index (κ2) is 5.65. The quantitative estimate of drug-likeness (QED) is 0.864. The minimum atomic E-state index is -0.105. The molecule has 0 spiro atoms. The van der Waals surface area contributed by atoms with E-state index >= 15 is 0 Å². The number of nitrogens with one attached hydrogen (secondary N) is 1. The molecule has 0 fully saturated rings. The standard InChI is InChI=1S/C14H19N3O2/c1-10(5-6-12-4-3-7-19-12)16-14(18)13-8-11(15)9-17(13)2/h3-4,7-10H,5-6,15H2,1-2H3,(H,16,18). The van der Waals surface area contributed by atoms with E-state index in [4.69, 9.17) is 10.2 Å². The van der Waals surface area contributed by atoms with Gasteiger partial charge in [0, 0.05) is 25.7 Å². The van der Waals surface area contributed by atoms with Gasteiger partial charge in [-0.3, -0.25) is 4.79 Å². The predicted molar refractivity (Wildman–Crippen MR) is 73.8 cm³/mol. The number of amides is 1. The molecule has 3 N–H and O–H groups in total. The Morgan fingerprint density at radius 1 is 1.58 bits per heavy atom. The van der Waals surface area contributed by atoms with E-state index < -0.39 is 0 Å². The Kier molecular flexibility index (Phi) is 3.94. The highest BCUT2D eigenvalue weighted by Gasteiger charge is 2.13. The lowest BCUT2D eigenvalue weighted by Crippen LogP contribution is -2.33. The Balaban J connectivity index is 1.86. The Bertz CT molecular complexity index is 543. The van der Waals surface area contributed by atoms with Crippen LogP contribution in [-0.2, 0) is 13.5 Å². The number of hydrogen-bond donors (Lipinski definition) is 2. The van der Waals surface area contributed by atoms with Gasteiger partial charge in [0.05, 0.1) is 12.0 Å². The van der Waals surface area contributed by atoms with Gasteiger partial charge in [-0.1, -0.05) is 0 Å². The number of anilines is 1. The molecule has 1 atom stereocenters. The molecule has 0 aromatic carbocycles. The minimum Gasteiger partial charge on any atom is -0.469 e. The van der Waals surface area contributed by atoms with Gasteiger partial charge in [-0.15, -0.1) is 0 Å². The number of nitrogens with two attached hydrogens (primary N) is 1. The van der Waals surface area contributed by atoms with Gasteiger partial charge in [-0.2, -0.15) is 0 Å². The summed E-state index contributed by atoms with van der Waals surface area (Å²) in [7, 11) is 1.80. The van der Waals surface area contributed by atoms with Gasteiger partial charge in [0.2, 0.25) is 0 Å². The van der Waals surface area contributed by atoms with Crippen LogP contribution in [0.2, 0.25) is 0 Å². The Morgan fingerprint density at radius 3 is 2.95 bits per heavy atom. The molecule has 0 bridgehead atoms. The normalized spacial score (nSPS) is 12.3. The summed E-state index contributed by atoms with van der Waals surface area (Å²) in [5.41, 5.74) is 6.82.